The van der Waals surface area contributed by atoms with Gasteiger partial charge < -0.3 is 9.47 Å². The lowest BCUT2D eigenvalue weighted by Gasteiger charge is -2.11. The second kappa shape index (κ2) is 6.53. The van der Waals surface area contributed by atoms with E-state index < -0.39 is 6.09 Å². The van der Waals surface area contributed by atoms with Gasteiger partial charge in [0.15, 0.2) is 4.96 Å². The average molecular weight is 285 g/mol. The van der Waals surface area contributed by atoms with Crippen molar-refractivity contribution in [2.45, 2.75) is 33.0 Å². The van der Waals surface area contributed by atoms with Crippen LogP contribution in [0.1, 0.15) is 27.4 Å². The van der Waals surface area contributed by atoms with Crippen LogP contribution in [0, 0.1) is 0 Å². The van der Waals surface area contributed by atoms with Gasteiger partial charge in [-0.15, -0.1) is 11.3 Å². The summed E-state index contributed by atoms with van der Waals surface area (Å²) in [4.78, 5) is 16.6. The summed E-state index contributed by atoms with van der Waals surface area (Å²) in [5, 5.41) is 4.48. The van der Waals surface area contributed by atoms with Crippen molar-refractivity contribution in [2.75, 3.05) is 6.73 Å². The SMILES string of the molecule is CCC(C)OCNC(=O)OCc1cn2ccsc2n1.[HH]. The third-order valence-corrected chi connectivity index (χ3v) is 3.42. The van der Waals surface area contributed by atoms with Gasteiger partial charge in [0.1, 0.15) is 13.3 Å². The van der Waals surface area contributed by atoms with Gasteiger partial charge in [-0.1, -0.05) is 6.92 Å². The van der Waals surface area contributed by atoms with Gasteiger partial charge in [-0.3, -0.25) is 9.72 Å². The Balaban J connectivity index is 0.00000200. The highest BCUT2D eigenvalue weighted by Gasteiger charge is 2.07. The third-order valence-electron chi connectivity index (χ3n) is 2.65. The van der Waals surface area contributed by atoms with Crippen LogP contribution in [0.2, 0.25) is 0 Å². The molecule has 106 valence electrons. The largest absolute Gasteiger partial charge is 0.443 e. The normalized spacial score (nSPS) is 12.5. The summed E-state index contributed by atoms with van der Waals surface area (Å²) < 4.78 is 12.3. The van der Waals surface area contributed by atoms with E-state index in [9.17, 15) is 4.79 Å². The van der Waals surface area contributed by atoms with E-state index in [-0.39, 0.29) is 20.9 Å². The van der Waals surface area contributed by atoms with E-state index >= 15 is 0 Å². The molecule has 2 heterocycles. The van der Waals surface area contributed by atoms with E-state index in [2.05, 4.69) is 10.3 Å². The van der Waals surface area contributed by atoms with Crippen molar-refractivity contribution < 1.29 is 15.7 Å². The maximum absolute atomic E-state index is 11.4. The molecule has 1 atom stereocenters. The van der Waals surface area contributed by atoms with E-state index in [0.29, 0.717) is 0 Å². The minimum absolute atomic E-state index is 0. The Kier molecular flexibility index (Phi) is 4.75. The van der Waals surface area contributed by atoms with E-state index in [4.69, 9.17) is 9.47 Å². The number of thiazole rings is 1. The van der Waals surface area contributed by atoms with Crippen LogP contribution < -0.4 is 5.32 Å². The van der Waals surface area contributed by atoms with Crippen LogP contribution in [0.4, 0.5) is 4.79 Å². The predicted octanol–water partition coefficient (Wildman–Crippen LogP) is 2.64. The number of imidazole rings is 1. The standard InChI is InChI=1S/C12H17N3O3S.H2/c1-3-9(2)18-8-13-12(16)17-7-10-6-15-4-5-19-11(15)14-10;/h4-6,9H,3,7-8H2,1-2H3,(H,13,16);1H. The fraction of sp³-hybridized carbons (Fsp3) is 0.500. The number of carbonyl (C=O) groups excluding carboxylic acids is 1. The molecule has 0 bridgehead atoms. The molecule has 1 unspecified atom stereocenters. The minimum Gasteiger partial charge on any atom is -0.443 e. The number of hydrogen-bond acceptors (Lipinski definition) is 5. The van der Waals surface area contributed by atoms with Crippen LogP contribution in [0.5, 0.6) is 0 Å². The molecule has 0 spiro atoms. The van der Waals surface area contributed by atoms with Crippen molar-refractivity contribution in [3.8, 4) is 0 Å². The van der Waals surface area contributed by atoms with E-state index in [1.54, 1.807) is 0 Å². The van der Waals surface area contributed by atoms with Crippen LogP contribution in [-0.4, -0.2) is 28.3 Å². The predicted molar refractivity (Wildman–Crippen MR) is 74.2 cm³/mol. The van der Waals surface area contributed by atoms with Crippen LogP contribution in [-0.2, 0) is 16.1 Å². The zero-order chi connectivity index (χ0) is 13.7. The molecule has 1 amide bonds. The third kappa shape index (κ3) is 3.93. The topological polar surface area (TPSA) is 64.9 Å². The number of fused-ring (bicyclic) bond motifs is 1. The van der Waals surface area contributed by atoms with Gasteiger partial charge in [0.25, 0.3) is 0 Å². The summed E-state index contributed by atoms with van der Waals surface area (Å²) in [6.07, 6.45) is 4.29. The van der Waals surface area contributed by atoms with Gasteiger partial charge in [0.05, 0.1) is 11.8 Å². The summed E-state index contributed by atoms with van der Waals surface area (Å²) in [5.74, 6) is 0. The van der Waals surface area contributed by atoms with Gasteiger partial charge in [0.2, 0.25) is 0 Å². The first-order valence-corrected chi connectivity index (χ1v) is 7.00. The smallest absolute Gasteiger partial charge is 0.409 e. The Bertz CT molecular complexity index is 514. The lowest BCUT2D eigenvalue weighted by Crippen LogP contribution is -2.28. The summed E-state index contributed by atoms with van der Waals surface area (Å²) in [5.41, 5.74) is 0.727. The van der Waals surface area contributed by atoms with Gasteiger partial charge >= 0.3 is 6.09 Å². The van der Waals surface area contributed by atoms with Gasteiger partial charge in [-0.25, -0.2) is 9.78 Å². The number of nitrogens with one attached hydrogen (secondary N) is 1. The summed E-state index contributed by atoms with van der Waals surface area (Å²) in [6, 6.07) is 0. The lowest BCUT2D eigenvalue weighted by molar-refractivity contribution is 0.0449. The molecular weight excluding hydrogens is 266 g/mol. The van der Waals surface area contributed by atoms with Crippen LogP contribution >= 0.6 is 11.3 Å². The number of hydrogen-bond donors (Lipinski definition) is 1. The van der Waals surface area contributed by atoms with Crippen molar-refractivity contribution in [3.63, 3.8) is 0 Å². The molecule has 2 aromatic rings. The second-order valence-electron chi connectivity index (χ2n) is 4.11. The Morgan fingerprint density at radius 3 is 3.26 bits per heavy atom. The highest BCUT2D eigenvalue weighted by atomic mass is 32.1. The number of carbonyl (C=O) groups is 1. The Morgan fingerprint density at radius 2 is 2.53 bits per heavy atom. The van der Waals surface area contributed by atoms with Crippen molar-refractivity contribution >= 4 is 22.4 Å². The van der Waals surface area contributed by atoms with E-state index in [1.165, 1.54) is 11.3 Å². The average Bonchev–Trinajstić information content (AvgIpc) is 2.96. The Labute approximate surface area is 116 Å². The van der Waals surface area contributed by atoms with Crippen molar-refractivity contribution in [2.24, 2.45) is 0 Å². The molecule has 0 aliphatic heterocycles. The van der Waals surface area contributed by atoms with Crippen molar-refractivity contribution in [1.82, 2.24) is 14.7 Å². The Hall–Kier alpha value is -1.60. The van der Waals surface area contributed by atoms with Crippen LogP contribution in [0.3, 0.4) is 0 Å². The highest BCUT2D eigenvalue weighted by Crippen LogP contribution is 2.11. The molecule has 1 N–H and O–H groups in total. The fourth-order valence-corrected chi connectivity index (χ4v) is 2.12. The molecule has 19 heavy (non-hydrogen) atoms. The molecule has 0 aliphatic carbocycles. The molecule has 0 aromatic carbocycles. The summed E-state index contributed by atoms with van der Waals surface area (Å²) >= 11 is 1.54. The number of rotatable bonds is 6. The zero-order valence-electron chi connectivity index (χ0n) is 11.0. The Morgan fingerprint density at radius 1 is 1.68 bits per heavy atom. The molecule has 0 saturated carbocycles. The maximum Gasteiger partial charge on any atom is 0.409 e. The summed E-state index contributed by atoms with van der Waals surface area (Å²) in [7, 11) is 0. The molecule has 7 heteroatoms. The fourth-order valence-electron chi connectivity index (χ4n) is 1.40. The van der Waals surface area contributed by atoms with Crippen LogP contribution in [0.25, 0.3) is 4.96 Å². The molecule has 0 saturated heterocycles. The first-order chi connectivity index (χ1) is 9.19. The molecule has 2 aromatic heterocycles. The first kappa shape index (κ1) is 13.8. The highest BCUT2D eigenvalue weighted by molar-refractivity contribution is 7.15. The first-order valence-electron chi connectivity index (χ1n) is 6.12. The molecule has 0 radical (unpaired) electrons. The van der Waals surface area contributed by atoms with E-state index in [0.717, 1.165) is 17.1 Å². The number of amides is 1. The number of ether oxygens (including phenoxy) is 2. The monoisotopic (exact) mass is 285 g/mol. The number of nitrogens with zero attached hydrogens (tertiary/aromatic N) is 2. The summed E-state index contributed by atoms with van der Waals surface area (Å²) in [6.45, 7) is 4.29. The van der Waals surface area contributed by atoms with Gasteiger partial charge in [-0.2, -0.15) is 0 Å². The minimum atomic E-state index is -0.500. The lowest BCUT2D eigenvalue weighted by atomic mass is 10.3. The molecular formula is C12H19N3O3S. The molecule has 0 fully saturated rings. The zero-order valence-corrected chi connectivity index (χ0v) is 11.8. The van der Waals surface area contributed by atoms with Crippen LogP contribution in [0.15, 0.2) is 17.8 Å². The second-order valence-corrected chi connectivity index (χ2v) is 4.98. The number of aromatic nitrogens is 2. The van der Waals surface area contributed by atoms with E-state index in [1.807, 2.05) is 36.0 Å². The van der Waals surface area contributed by atoms with Gasteiger partial charge in [-0.05, 0) is 13.3 Å². The number of alkyl carbamates (subject to hydrolysis) is 1. The van der Waals surface area contributed by atoms with Crippen molar-refractivity contribution in [3.05, 3.63) is 23.5 Å². The van der Waals surface area contributed by atoms with Gasteiger partial charge in [0, 0.05) is 19.2 Å². The quantitative estimate of drug-likeness (QED) is 0.829. The molecule has 0 aliphatic rings. The molecule has 2 rings (SSSR count). The maximum atomic E-state index is 11.4. The van der Waals surface area contributed by atoms with Crippen molar-refractivity contribution in [1.29, 1.82) is 0 Å². The molecule has 6 nitrogen and oxygen atoms in total.